The molecule has 7 heteroatoms. The Hall–Kier alpha value is -2.57. The predicted molar refractivity (Wildman–Crippen MR) is 90.3 cm³/mol. The lowest BCUT2D eigenvalue weighted by atomic mass is 10.0. The molecule has 0 aliphatic rings. The molecule has 0 radical (unpaired) electrons. The van der Waals surface area contributed by atoms with Crippen LogP contribution in [-0.4, -0.2) is 35.1 Å². The Morgan fingerprint density at radius 2 is 1.75 bits per heavy atom. The summed E-state index contributed by atoms with van der Waals surface area (Å²) in [6, 6.07) is 7.80. The molecule has 0 aliphatic heterocycles. The third kappa shape index (κ3) is 7.13. The molecule has 2 unspecified atom stereocenters. The fraction of sp³-hybridized carbons (Fsp3) is 0.471. The van der Waals surface area contributed by atoms with Crippen LogP contribution in [0.2, 0.25) is 0 Å². The predicted octanol–water partition coefficient (Wildman–Crippen LogP) is 1.27. The molecule has 0 bridgehead atoms. The van der Waals surface area contributed by atoms with Gasteiger partial charge >= 0.3 is 12.0 Å². The van der Waals surface area contributed by atoms with E-state index < -0.39 is 23.9 Å². The molecule has 1 aromatic rings. The molecule has 0 aliphatic carbocycles. The zero-order valence-electron chi connectivity index (χ0n) is 14.0. The average molecular weight is 335 g/mol. The van der Waals surface area contributed by atoms with Gasteiger partial charge in [-0.25, -0.2) is 4.79 Å². The molecular weight excluding hydrogens is 310 g/mol. The normalized spacial score (nSPS) is 13.1. The molecule has 0 fully saturated rings. The van der Waals surface area contributed by atoms with Crippen LogP contribution in [0.4, 0.5) is 4.79 Å². The highest BCUT2D eigenvalue weighted by Crippen LogP contribution is 2.08. The fourth-order valence-electron chi connectivity index (χ4n) is 2.36. The molecule has 7 nitrogen and oxygen atoms in total. The van der Waals surface area contributed by atoms with E-state index in [1.807, 2.05) is 30.3 Å². The first-order valence-corrected chi connectivity index (χ1v) is 7.91. The van der Waals surface area contributed by atoms with Crippen molar-refractivity contribution in [1.29, 1.82) is 0 Å². The first-order valence-electron chi connectivity index (χ1n) is 7.91. The molecule has 0 saturated heterocycles. The number of urea groups is 1. The highest BCUT2D eigenvalue weighted by molar-refractivity contribution is 5.86. The highest BCUT2D eigenvalue weighted by Gasteiger charge is 2.23. The second kappa shape index (κ2) is 9.54. The molecule has 1 aromatic carbocycles. The van der Waals surface area contributed by atoms with Crippen molar-refractivity contribution >= 4 is 17.9 Å². The van der Waals surface area contributed by atoms with Crippen LogP contribution in [0.1, 0.15) is 32.3 Å². The van der Waals surface area contributed by atoms with E-state index in [0.29, 0.717) is 12.8 Å². The van der Waals surface area contributed by atoms with Crippen LogP contribution in [0.5, 0.6) is 0 Å². The van der Waals surface area contributed by atoms with Crippen molar-refractivity contribution in [3.63, 3.8) is 0 Å². The number of primary amides is 1. The zero-order valence-corrected chi connectivity index (χ0v) is 14.0. The summed E-state index contributed by atoms with van der Waals surface area (Å²) in [4.78, 5) is 34.3. The van der Waals surface area contributed by atoms with Crippen molar-refractivity contribution in [2.75, 3.05) is 0 Å². The number of nitrogens with one attached hydrogen (secondary N) is 2. The molecule has 132 valence electrons. The largest absolute Gasteiger partial charge is 0.481 e. The Kier molecular flexibility index (Phi) is 7.74. The molecule has 0 spiro atoms. The van der Waals surface area contributed by atoms with Crippen molar-refractivity contribution in [3.05, 3.63) is 35.9 Å². The van der Waals surface area contributed by atoms with E-state index in [-0.39, 0.29) is 18.4 Å². The van der Waals surface area contributed by atoms with Gasteiger partial charge in [-0.1, -0.05) is 44.2 Å². The Labute approximate surface area is 141 Å². The van der Waals surface area contributed by atoms with Crippen LogP contribution in [0.25, 0.3) is 0 Å². The van der Waals surface area contributed by atoms with E-state index in [0.717, 1.165) is 5.56 Å². The number of carbonyl (C=O) groups is 3. The molecule has 2 atom stereocenters. The number of amides is 3. The summed E-state index contributed by atoms with van der Waals surface area (Å²) >= 11 is 0. The van der Waals surface area contributed by atoms with Gasteiger partial charge in [0.25, 0.3) is 0 Å². The lowest BCUT2D eigenvalue weighted by Crippen LogP contribution is -2.53. The maximum Gasteiger partial charge on any atom is 0.315 e. The van der Waals surface area contributed by atoms with E-state index in [1.54, 1.807) is 13.8 Å². The highest BCUT2D eigenvalue weighted by atomic mass is 16.4. The maximum absolute atomic E-state index is 12.1. The van der Waals surface area contributed by atoms with E-state index in [4.69, 9.17) is 10.8 Å². The first-order chi connectivity index (χ1) is 11.3. The first kappa shape index (κ1) is 19.5. The number of hydrogen-bond acceptors (Lipinski definition) is 3. The number of carbonyl (C=O) groups excluding carboxylic acids is 2. The van der Waals surface area contributed by atoms with Gasteiger partial charge in [0.2, 0.25) is 5.91 Å². The lowest BCUT2D eigenvalue weighted by molar-refractivity contribution is -0.137. The second-order valence-electron chi connectivity index (χ2n) is 6.06. The SMILES string of the molecule is CC(C)C(NC(=O)NC(CCC(=O)O)Cc1ccccc1)C(N)=O. The Morgan fingerprint density at radius 1 is 1.12 bits per heavy atom. The summed E-state index contributed by atoms with van der Waals surface area (Å²) in [6.45, 7) is 3.56. The van der Waals surface area contributed by atoms with Gasteiger partial charge in [-0.05, 0) is 24.3 Å². The van der Waals surface area contributed by atoms with E-state index in [2.05, 4.69) is 10.6 Å². The van der Waals surface area contributed by atoms with Crippen LogP contribution in [-0.2, 0) is 16.0 Å². The van der Waals surface area contributed by atoms with Crippen molar-refractivity contribution in [3.8, 4) is 0 Å². The minimum atomic E-state index is -0.924. The van der Waals surface area contributed by atoms with Crippen LogP contribution in [0.15, 0.2) is 30.3 Å². The number of carboxylic acid groups (broad SMARTS) is 1. The van der Waals surface area contributed by atoms with Gasteiger partial charge in [-0.2, -0.15) is 0 Å². The molecular formula is C17H25N3O4. The van der Waals surface area contributed by atoms with Crippen LogP contribution in [0, 0.1) is 5.92 Å². The van der Waals surface area contributed by atoms with E-state index >= 15 is 0 Å². The second-order valence-corrected chi connectivity index (χ2v) is 6.06. The Balaban J connectivity index is 2.70. The van der Waals surface area contributed by atoms with Crippen molar-refractivity contribution in [2.45, 2.75) is 45.2 Å². The molecule has 5 N–H and O–H groups in total. The van der Waals surface area contributed by atoms with Crippen molar-refractivity contribution in [1.82, 2.24) is 10.6 Å². The van der Waals surface area contributed by atoms with Crippen LogP contribution in [0.3, 0.4) is 0 Å². The minimum Gasteiger partial charge on any atom is -0.481 e. The zero-order chi connectivity index (χ0) is 18.1. The standard InChI is InChI=1S/C17H25N3O4/c1-11(2)15(16(18)23)20-17(24)19-13(8-9-14(21)22)10-12-6-4-3-5-7-12/h3-7,11,13,15H,8-10H2,1-2H3,(H2,18,23)(H,21,22)(H2,19,20,24). The quantitative estimate of drug-likeness (QED) is 0.543. The number of nitrogens with two attached hydrogens (primary N) is 1. The minimum absolute atomic E-state index is 0.0544. The monoisotopic (exact) mass is 335 g/mol. The Bertz CT molecular complexity index is 560. The molecule has 24 heavy (non-hydrogen) atoms. The van der Waals surface area contributed by atoms with E-state index in [1.165, 1.54) is 0 Å². The molecule has 3 amide bonds. The van der Waals surface area contributed by atoms with Gasteiger partial charge in [0.15, 0.2) is 0 Å². The number of aliphatic carboxylic acids is 1. The van der Waals surface area contributed by atoms with Gasteiger partial charge in [-0.15, -0.1) is 0 Å². The van der Waals surface area contributed by atoms with E-state index in [9.17, 15) is 14.4 Å². The smallest absolute Gasteiger partial charge is 0.315 e. The fourth-order valence-corrected chi connectivity index (χ4v) is 2.36. The van der Waals surface area contributed by atoms with Crippen molar-refractivity contribution < 1.29 is 19.5 Å². The summed E-state index contributed by atoms with van der Waals surface area (Å²) in [7, 11) is 0. The van der Waals surface area contributed by atoms with Gasteiger partial charge < -0.3 is 21.5 Å². The molecule has 0 saturated carbocycles. The van der Waals surface area contributed by atoms with Gasteiger partial charge in [0, 0.05) is 12.5 Å². The van der Waals surface area contributed by atoms with Crippen LogP contribution >= 0.6 is 0 Å². The van der Waals surface area contributed by atoms with Crippen LogP contribution < -0.4 is 16.4 Å². The third-order valence-electron chi connectivity index (χ3n) is 3.63. The van der Waals surface area contributed by atoms with Gasteiger partial charge in [0.05, 0.1) is 0 Å². The summed E-state index contributed by atoms with van der Waals surface area (Å²) in [5.41, 5.74) is 6.27. The maximum atomic E-state index is 12.1. The number of carboxylic acids is 1. The summed E-state index contributed by atoms with van der Waals surface area (Å²) in [5, 5.41) is 14.2. The average Bonchev–Trinajstić information content (AvgIpc) is 2.50. The number of hydrogen-bond donors (Lipinski definition) is 4. The van der Waals surface area contributed by atoms with Gasteiger partial charge in [0.1, 0.15) is 6.04 Å². The lowest BCUT2D eigenvalue weighted by Gasteiger charge is -2.23. The molecule has 0 aromatic heterocycles. The van der Waals surface area contributed by atoms with Crippen molar-refractivity contribution in [2.24, 2.45) is 11.7 Å². The summed E-state index contributed by atoms with van der Waals surface area (Å²) < 4.78 is 0. The molecule has 1 rings (SSSR count). The topological polar surface area (TPSA) is 122 Å². The molecule has 0 heterocycles. The Morgan fingerprint density at radius 3 is 2.25 bits per heavy atom. The number of rotatable bonds is 9. The summed E-state index contributed by atoms with van der Waals surface area (Å²) in [5.74, 6) is -1.67. The third-order valence-corrected chi connectivity index (χ3v) is 3.63. The summed E-state index contributed by atoms with van der Waals surface area (Å²) in [6.07, 6.45) is 0.742. The number of benzene rings is 1. The van der Waals surface area contributed by atoms with Gasteiger partial charge in [-0.3, -0.25) is 9.59 Å².